The third-order valence-corrected chi connectivity index (χ3v) is 2.88. The minimum Gasteiger partial charge on any atom is -0.407 e. The van der Waals surface area contributed by atoms with Gasteiger partial charge in [-0.05, 0) is 32.9 Å². The second-order valence-corrected chi connectivity index (χ2v) is 11.4. The van der Waals surface area contributed by atoms with Gasteiger partial charge in [0, 0.05) is 11.7 Å². The van der Waals surface area contributed by atoms with Crippen LogP contribution in [0.4, 0.5) is 4.79 Å². The van der Waals surface area contributed by atoms with E-state index in [0.29, 0.717) is 11.4 Å². The number of carbonyl (C=O) groups is 1. The van der Waals surface area contributed by atoms with Gasteiger partial charge in [-0.15, -0.1) is 5.54 Å². The molecule has 0 radical (unpaired) electrons. The number of rotatable bonds is 1. The third-order valence-electron chi connectivity index (χ3n) is 2.01. The van der Waals surface area contributed by atoms with Gasteiger partial charge in [0.25, 0.3) is 0 Å². The number of hydrogen-bond acceptors (Lipinski definition) is 3. The molecule has 108 valence electrons. The molecular formula is C15H22N2O2Si. The SMILES string of the molecule is CC(C)(C)NC(=O)Oc1cccnc1C#C[Si](C)(C)C. The first-order valence-corrected chi connectivity index (χ1v) is 10.0. The van der Waals surface area contributed by atoms with Gasteiger partial charge in [0.2, 0.25) is 0 Å². The van der Waals surface area contributed by atoms with Crippen LogP contribution in [-0.4, -0.2) is 24.7 Å². The molecule has 1 rings (SSSR count). The van der Waals surface area contributed by atoms with Crippen molar-refractivity contribution in [1.29, 1.82) is 0 Å². The number of nitrogens with zero attached hydrogens (tertiary/aromatic N) is 1. The molecule has 0 saturated heterocycles. The fourth-order valence-corrected chi connectivity index (χ4v) is 1.74. The van der Waals surface area contributed by atoms with E-state index in [1.165, 1.54) is 0 Å². The first-order valence-electron chi connectivity index (χ1n) is 6.55. The number of pyridine rings is 1. The van der Waals surface area contributed by atoms with Gasteiger partial charge in [0.05, 0.1) is 0 Å². The molecule has 0 saturated carbocycles. The van der Waals surface area contributed by atoms with Gasteiger partial charge in [0.1, 0.15) is 8.07 Å². The average molecular weight is 290 g/mol. The third kappa shape index (κ3) is 6.39. The van der Waals surface area contributed by atoms with Crippen LogP contribution in [0.5, 0.6) is 5.75 Å². The van der Waals surface area contributed by atoms with Gasteiger partial charge >= 0.3 is 6.09 Å². The maximum atomic E-state index is 11.8. The number of ether oxygens (including phenoxy) is 1. The Morgan fingerprint density at radius 1 is 1.35 bits per heavy atom. The standard InChI is InChI=1S/C15H22N2O2Si/c1-15(2,3)17-14(18)19-13-8-7-10-16-12(13)9-11-20(4,5)6/h7-8,10H,1-6H3,(H,17,18). The maximum Gasteiger partial charge on any atom is 0.413 e. The average Bonchev–Trinajstić information content (AvgIpc) is 2.24. The molecule has 0 spiro atoms. The number of nitrogens with one attached hydrogen (secondary N) is 1. The summed E-state index contributed by atoms with van der Waals surface area (Å²) in [5, 5.41) is 2.74. The first-order chi connectivity index (χ1) is 9.07. The van der Waals surface area contributed by atoms with E-state index in [9.17, 15) is 4.79 Å². The molecule has 0 aliphatic heterocycles. The van der Waals surface area contributed by atoms with Crippen LogP contribution in [-0.2, 0) is 0 Å². The predicted molar refractivity (Wildman–Crippen MR) is 83.4 cm³/mol. The fourth-order valence-electron chi connectivity index (χ4n) is 1.25. The summed E-state index contributed by atoms with van der Waals surface area (Å²) in [5.41, 5.74) is 3.37. The van der Waals surface area contributed by atoms with Gasteiger partial charge in [-0.1, -0.05) is 25.6 Å². The summed E-state index contributed by atoms with van der Waals surface area (Å²) in [4.78, 5) is 16.0. The Labute approximate surface area is 122 Å². The van der Waals surface area contributed by atoms with E-state index < -0.39 is 14.2 Å². The topological polar surface area (TPSA) is 51.2 Å². The lowest BCUT2D eigenvalue weighted by Gasteiger charge is -2.19. The van der Waals surface area contributed by atoms with Crippen LogP contribution in [0.25, 0.3) is 0 Å². The monoisotopic (exact) mass is 290 g/mol. The molecule has 0 fully saturated rings. The van der Waals surface area contributed by atoms with Crippen LogP contribution in [0.1, 0.15) is 26.5 Å². The van der Waals surface area contributed by atoms with Crippen molar-refractivity contribution >= 4 is 14.2 Å². The van der Waals surface area contributed by atoms with Gasteiger partial charge in [-0.25, -0.2) is 9.78 Å². The molecule has 1 N–H and O–H groups in total. The summed E-state index contributed by atoms with van der Waals surface area (Å²) >= 11 is 0. The number of amides is 1. The van der Waals surface area contributed by atoms with E-state index in [-0.39, 0.29) is 5.54 Å². The zero-order chi connectivity index (χ0) is 15.4. The number of hydrogen-bond donors (Lipinski definition) is 1. The van der Waals surface area contributed by atoms with Crippen molar-refractivity contribution in [2.75, 3.05) is 0 Å². The molecule has 0 aliphatic rings. The summed E-state index contributed by atoms with van der Waals surface area (Å²) in [7, 11) is -1.50. The molecule has 1 aromatic rings. The van der Waals surface area contributed by atoms with Crippen molar-refractivity contribution in [3.05, 3.63) is 24.0 Å². The van der Waals surface area contributed by atoms with E-state index in [1.54, 1.807) is 18.3 Å². The van der Waals surface area contributed by atoms with E-state index >= 15 is 0 Å². The van der Waals surface area contributed by atoms with Crippen molar-refractivity contribution in [3.63, 3.8) is 0 Å². The number of aromatic nitrogens is 1. The second-order valence-electron chi connectivity index (χ2n) is 6.61. The lowest BCUT2D eigenvalue weighted by atomic mass is 10.1. The zero-order valence-electron chi connectivity index (χ0n) is 13.0. The Morgan fingerprint density at radius 2 is 2.00 bits per heavy atom. The highest BCUT2D eigenvalue weighted by atomic mass is 28.3. The quantitative estimate of drug-likeness (QED) is 0.638. The molecule has 0 aliphatic carbocycles. The largest absolute Gasteiger partial charge is 0.413 e. The van der Waals surface area contributed by atoms with E-state index in [4.69, 9.17) is 4.74 Å². The molecule has 1 aromatic heterocycles. The molecule has 20 heavy (non-hydrogen) atoms. The van der Waals surface area contributed by atoms with E-state index in [0.717, 1.165) is 0 Å². The lowest BCUT2D eigenvalue weighted by molar-refractivity contribution is 0.190. The van der Waals surface area contributed by atoms with Crippen LogP contribution in [0, 0.1) is 11.5 Å². The molecular weight excluding hydrogens is 268 g/mol. The van der Waals surface area contributed by atoms with E-state index in [1.807, 2.05) is 20.8 Å². The second kappa shape index (κ2) is 6.10. The van der Waals surface area contributed by atoms with Crippen LogP contribution < -0.4 is 10.1 Å². The van der Waals surface area contributed by atoms with Crippen molar-refractivity contribution in [3.8, 4) is 17.2 Å². The Bertz CT molecular complexity index is 545. The Morgan fingerprint density at radius 3 is 2.55 bits per heavy atom. The molecule has 0 unspecified atom stereocenters. The van der Waals surface area contributed by atoms with Gasteiger partial charge < -0.3 is 10.1 Å². The minimum atomic E-state index is -1.50. The van der Waals surface area contributed by atoms with Crippen LogP contribution in [0.3, 0.4) is 0 Å². The summed E-state index contributed by atoms with van der Waals surface area (Å²) in [5.74, 6) is 3.41. The zero-order valence-corrected chi connectivity index (χ0v) is 14.0. The summed E-state index contributed by atoms with van der Waals surface area (Å²) in [6, 6.07) is 3.42. The van der Waals surface area contributed by atoms with Crippen LogP contribution in [0.2, 0.25) is 19.6 Å². The lowest BCUT2D eigenvalue weighted by Crippen LogP contribution is -2.42. The molecule has 0 bridgehead atoms. The summed E-state index contributed by atoms with van der Waals surface area (Å²) in [6.07, 6.45) is 1.14. The highest BCUT2D eigenvalue weighted by Crippen LogP contribution is 2.15. The highest BCUT2D eigenvalue weighted by Gasteiger charge is 2.16. The highest BCUT2D eigenvalue weighted by molar-refractivity contribution is 6.83. The number of carbonyl (C=O) groups excluding carboxylic acids is 1. The summed E-state index contributed by atoms with van der Waals surface area (Å²) in [6.45, 7) is 12.1. The minimum absolute atomic E-state index is 0.344. The van der Waals surface area contributed by atoms with Crippen molar-refractivity contribution in [1.82, 2.24) is 10.3 Å². The Hall–Kier alpha value is -1.80. The molecule has 0 atom stereocenters. The normalized spacial score (nSPS) is 11.3. The Kier molecular flexibility index (Phi) is 4.96. The fraction of sp³-hybridized carbons (Fsp3) is 0.467. The van der Waals surface area contributed by atoms with Gasteiger partial charge in [0.15, 0.2) is 11.4 Å². The summed E-state index contributed by atoms with van der Waals surface area (Å²) < 4.78 is 5.29. The van der Waals surface area contributed by atoms with E-state index in [2.05, 4.69) is 41.4 Å². The molecule has 5 heteroatoms. The van der Waals surface area contributed by atoms with Crippen LogP contribution >= 0.6 is 0 Å². The molecule has 4 nitrogen and oxygen atoms in total. The maximum absolute atomic E-state index is 11.8. The van der Waals surface area contributed by atoms with Crippen molar-refractivity contribution in [2.24, 2.45) is 0 Å². The van der Waals surface area contributed by atoms with Crippen molar-refractivity contribution in [2.45, 2.75) is 46.0 Å². The first kappa shape index (κ1) is 16.3. The molecule has 0 aromatic carbocycles. The predicted octanol–water partition coefficient (Wildman–Crippen LogP) is 3.20. The Balaban J connectivity index is 2.91. The smallest absolute Gasteiger partial charge is 0.407 e. The molecule has 1 heterocycles. The van der Waals surface area contributed by atoms with Gasteiger partial charge in [-0.2, -0.15) is 0 Å². The van der Waals surface area contributed by atoms with Crippen LogP contribution in [0.15, 0.2) is 18.3 Å². The van der Waals surface area contributed by atoms with Crippen molar-refractivity contribution < 1.29 is 9.53 Å². The molecule has 1 amide bonds. The van der Waals surface area contributed by atoms with Gasteiger partial charge in [-0.3, -0.25) is 0 Å².